The van der Waals surface area contributed by atoms with E-state index in [1.54, 1.807) is 0 Å². The first-order valence-corrected chi connectivity index (χ1v) is 5.33. The van der Waals surface area contributed by atoms with Crippen molar-refractivity contribution in [3.05, 3.63) is 0 Å². The maximum atomic E-state index is 3.54. The molecule has 0 saturated carbocycles. The van der Waals surface area contributed by atoms with Crippen molar-refractivity contribution in [2.45, 2.75) is 57.2 Å². The van der Waals surface area contributed by atoms with Crippen molar-refractivity contribution >= 4 is 15.9 Å². The van der Waals surface area contributed by atoms with Gasteiger partial charge in [-0.25, -0.2) is 0 Å². The third-order valence-electron chi connectivity index (χ3n) is 1.71. The van der Waals surface area contributed by atoms with Crippen LogP contribution < -0.4 is 0 Å². The molecule has 0 spiro atoms. The summed E-state index contributed by atoms with van der Waals surface area (Å²) in [5, 5.41) is 0. The van der Waals surface area contributed by atoms with Crippen molar-refractivity contribution in [1.82, 2.24) is 0 Å². The minimum absolute atomic E-state index is 0.717. The maximum Gasteiger partial charge on any atom is 0.0117 e. The summed E-state index contributed by atoms with van der Waals surface area (Å²) in [7, 11) is 0. The van der Waals surface area contributed by atoms with E-state index >= 15 is 0 Å². The zero-order chi connectivity index (χ0) is 7.82. The molecule has 0 aromatic rings. The van der Waals surface area contributed by atoms with Gasteiger partial charge in [0.15, 0.2) is 0 Å². The lowest BCUT2D eigenvalue weighted by molar-refractivity contribution is 0.608. The molecule has 1 heteroatoms. The summed E-state index contributed by atoms with van der Waals surface area (Å²) >= 11 is 3.54. The highest BCUT2D eigenvalue weighted by atomic mass is 79.9. The minimum Gasteiger partial charge on any atom is -0.0894 e. The molecule has 0 saturated heterocycles. The van der Waals surface area contributed by atoms with Crippen molar-refractivity contribution in [3.63, 3.8) is 0 Å². The Balaban J connectivity index is 2.77. The van der Waals surface area contributed by atoms with Crippen molar-refractivity contribution in [2.75, 3.05) is 0 Å². The third-order valence-corrected chi connectivity index (χ3v) is 2.16. The van der Waals surface area contributed by atoms with Gasteiger partial charge in [-0.3, -0.25) is 0 Å². The van der Waals surface area contributed by atoms with Gasteiger partial charge in [0.05, 0.1) is 0 Å². The molecule has 0 heterocycles. The van der Waals surface area contributed by atoms with Gasteiger partial charge in [0.25, 0.3) is 0 Å². The van der Waals surface area contributed by atoms with Crippen LogP contribution in [0.15, 0.2) is 0 Å². The van der Waals surface area contributed by atoms with Gasteiger partial charge >= 0.3 is 0 Å². The summed E-state index contributed by atoms with van der Waals surface area (Å²) in [6.45, 7) is 4.48. The molecule has 0 aromatic heterocycles. The van der Waals surface area contributed by atoms with Crippen LogP contribution in [0, 0.1) is 0 Å². The van der Waals surface area contributed by atoms with Crippen molar-refractivity contribution < 1.29 is 0 Å². The quantitative estimate of drug-likeness (QED) is 0.453. The third kappa shape index (κ3) is 8.48. The highest BCUT2D eigenvalue weighted by Crippen LogP contribution is 2.11. The predicted molar refractivity (Wildman–Crippen MR) is 51.8 cm³/mol. The summed E-state index contributed by atoms with van der Waals surface area (Å²) in [5.74, 6) is 0. The average molecular weight is 207 g/mol. The van der Waals surface area contributed by atoms with Crippen LogP contribution in [0.1, 0.15) is 52.4 Å². The Hall–Kier alpha value is 0.480. The molecule has 0 radical (unpaired) electrons. The normalized spacial score (nSPS) is 13.5. The largest absolute Gasteiger partial charge is 0.0894 e. The van der Waals surface area contributed by atoms with E-state index in [0.29, 0.717) is 4.83 Å². The fourth-order valence-corrected chi connectivity index (χ4v) is 1.35. The van der Waals surface area contributed by atoms with Gasteiger partial charge in [-0.15, -0.1) is 0 Å². The molecule has 0 rings (SSSR count). The smallest absolute Gasteiger partial charge is 0.0117 e. The Morgan fingerprint density at radius 1 is 1.10 bits per heavy atom. The number of hydrogen-bond donors (Lipinski definition) is 0. The lowest BCUT2D eigenvalue weighted by Crippen LogP contribution is -1.88. The van der Waals surface area contributed by atoms with E-state index in [0.717, 1.165) is 0 Å². The van der Waals surface area contributed by atoms with Gasteiger partial charge in [-0.05, 0) is 6.42 Å². The zero-order valence-electron chi connectivity index (χ0n) is 7.20. The summed E-state index contributed by atoms with van der Waals surface area (Å²) < 4.78 is 0. The van der Waals surface area contributed by atoms with Crippen molar-refractivity contribution in [3.8, 4) is 0 Å². The summed E-state index contributed by atoms with van der Waals surface area (Å²) in [4.78, 5) is 0.717. The molecule has 0 aromatic carbocycles. The number of hydrogen-bond acceptors (Lipinski definition) is 0. The van der Waals surface area contributed by atoms with Crippen LogP contribution in [0.5, 0.6) is 0 Å². The van der Waals surface area contributed by atoms with Crippen LogP contribution in [0.4, 0.5) is 0 Å². The molecule has 1 unspecified atom stereocenters. The van der Waals surface area contributed by atoms with Crippen LogP contribution in [0.3, 0.4) is 0 Å². The van der Waals surface area contributed by atoms with Crippen LogP contribution in [-0.2, 0) is 0 Å². The van der Waals surface area contributed by atoms with Crippen LogP contribution in [0.2, 0.25) is 0 Å². The van der Waals surface area contributed by atoms with E-state index in [9.17, 15) is 0 Å². The second-order valence-electron chi connectivity index (χ2n) is 2.98. The number of halogens is 1. The number of rotatable bonds is 6. The first-order valence-electron chi connectivity index (χ1n) is 4.41. The van der Waals surface area contributed by atoms with E-state index in [-0.39, 0.29) is 0 Å². The Morgan fingerprint density at radius 3 is 2.20 bits per heavy atom. The topological polar surface area (TPSA) is 0 Å². The van der Waals surface area contributed by atoms with E-state index in [4.69, 9.17) is 0 Å². The Kier molecular flexibility index (Phi) is 7.95. The monoisotopic (exact) mass is 206 g/mol. The second kappa shape index (κ2) is 7.59. The van der Waals surface area contributed by atoms with Gasteiger partial charge in [0, 0.05) is 4.83 Å². The lowest BCUT2D eigenvalue weighted by Gasteiger charge is -2.01. The standard InChI is InChI=1S/C9H19Br/c1-3-4-5-6-7-8-9(2)10/h9H,3-8H2,1-2H3. The van der Waals surface area contributed by atoms with Crippen LogP contribution in [0.25, 0.3) is 0 Å². The SMILES string of the molecule is CCCCCCCC(C)Br. The van der Waals surface area contributed by atoms with Gasteiger partial charge in [0.1, 0.15) is 0 Å². The van der Waals surface area contributed by atoms with E-state index in [1.165, 1.54) is 38.5 Å². The Labute approximate surface area is 73.5 Å². The van der Waals surface area contributed by atoms with Gasteiger partial charge in [0.2, 0.25) is 0 Å². The molecular weight excluding hydrogens is 188 g/mol. The summed E-state index contributed by atoms with van der Waals surface area (Å²) in [5.41, 5.74) is 0. The predicted octanol–water partition coefficient (Wildman–Crippen LogP) is 4.13. The van der Waals surface area contributed by atoms with Gasteiger partial charge in [-0.2, -0.15) is 0 Å². The van der Waals surface area contributed by atoms with E-state index in [2.05, 4.69) is 29.8 Å². The minimum atomic E-state index is 0.717. The zero-order valence-corrected chi connectivity index (χ0v) is 8.78. The average Bonchev–Trinajstić information content (AvgIpc) is 1.87. The molecule has 0 aliphatic carbocycles. The van der Waals surface area contributed by atoms with Crippen molar-refractivity contribution in [2.24, 2.45) is 0 Å². The van der Waals surface area contributed by atoms with Crippen LogP contribution in [-0.4, -0.2) is 4.83 Å². The molecule has 0 aliphatic rings. The first kappa shape index (κ1) is 10.5. The lowest BCUT2D eigenvalue weighted by atomic mass is 10.1. The van der Waals surface area contributed by atoms with Gasteiger partial charge < -0.3 is 0 Å². The molecule has 62 valence electrons. The van der Waals surface area contributed by atoms with E-state index < -0.39 is 0 Å². The van der Waals surface area contributed by atoms with Gasteiger partial charge in [-0.1, -0.05) is 61.9 Å². The molecule has 0 N–H and O–H groups in total. The number of unbranched alkanes of at least 4 members (excludes halogenated alkanes) is 4. The van der Waals surface area contributed by atoms with Crippen LogP contribution >= 0.6 is 15.9 Å². The molecular formula is C9H19Br. The summed E-state index contributed by atoms with van der Waals surface area (Å²) in [6, 6.07) is 0. The molecule has 0 nitrogen and oxygen atoms in total. The molecule has 0 bridgehead atoms. The fraction of sp³-hybridized carbons (Fsp3) is 1.00. The Bertz CT molecular complexity index is 59.7. The van der Waals surface area contributed by atoms with E-state index in [1.807, 2.05) is 0 Å². The Morgan fingerprint density at radius 2 is 1.70 bits per heavy atom. The fourth-order valence-electron chi connectivity index (χ4n) is 1.03. The maximum absolute atomic E-state index is 3.54. The molecule has 0 aliphatic heterocycles. The molecule has 0 fully saturated rings. The molecule has 1 atom stereocenters. The molecule has 0 amide bonds. The second-order valence-corrected chi connectivity index (χ2v) is 4.55. The first-order chi connectivity index (χ1) is 4.77. The highest BCUT2D eigenvalue weighted by molar-refractivity contribution is 9.09. The molecule has 10 heavy (non-hydrogen) atoms. The number of alkyl halides is 1. The van der Waals surface area contributed by atoms with Crippen molar-refractivity contribution in [1.29, 1.82) is 0 Å². The highest BCUT2D eigenvalue weighted by Gasteiger charge is 1.94. The summed E-state index contributed by atoms with van der Waals surface area (Å²) in [6.07, 6.45) is 8.34.